The van der Waals surface area contributed by atoms with Gasteiger partial charge in [-0.15, -0.1) is 25.5 Å². The van der Waals surface area contributed by atoms with Crippen molar-refractivity contribution >= 4 is 11.4 Å². The van der Waals surface area contributed by atoms with Gasteiger partial charge in [0.2, 0.25) is 0 Å². The number of carbonyl (C=O) groups excluding carboxylic acids is 1. The normalized spacial score (nSPS) is 9.38. The largest absolute Gasteiger partial charge is 0.500 e. The first-order valence-electron chi connectivity index (χ1n) is 16.5. The predicted molar refractivity (Wildman–Crippen MR) is 208 cm³/mol. The summed E-state index contributed by atoms with van der Waals surface area (Å²) in [6.45, 7) is 14.8. The van der Waals surface area contributed by atoms with Crippen LogP contribution < -0.4 is 0 Å². The van der Waals surface area contributed by atoms with E-state index in [2.05, 4.69) is 70.0 Å². The second-order valence-electron chi connectivity index (χ2n) is 10.7. The molecular formula is C45H46Ir5N5O-5. The van der Waals surface area contributed by atoms with Crippen molar-refractivity contribution in [3.8, 4) is 0 Å². The zero-order chi connectivity index (χ0) is 36.9. The molecule has 11 heteroatoms. The molecule has 0 N–H and O–H groups in total. The Balaban J connectivity index is -0.000000298. The van der Waals surface area contributed by atoms with E-state index in [4.69, 9.17) is 0 Å². The molecule has 0 spiro atoms. The number of hydrogen-bond acceptors (Lipinski definition) is 6. The van der Waals surface area contributed by atoms with E-state index in [-0.39, 0.29) is 106 Å². The fraction of sp³-hybridized carbons (Fsp3) is 0.156. The maximum atomic E-state index is 10.5. The predicted octanol–water partition coefficient (Wildman–Crippen LogP) is 9.72. The van der Waals surface area contributed by atoms with Crippen LogP contribution in [0.1, 0.15) is 66.5 Å². The number of carbonyl (C=O) groups is 1. The van der Waals surface area contributed by atoms with Gasteiger partial charge in [0.15, 0.2) is 0 Å². The first-order valence-corrected chi connectivity index (χ1v) is 16.5. The van der Waals surface area contributed by atoms with Crippen LogP contribution in [0.25, 0.3) is 5.57 Å². The summed E-state index contributed by atoms with van der Waals surface area (Å²) in [7, 11) is 0. The average molecular weight is 1630 g/mol. The van der Waals surface area contributed by atoms with Crippen LogP contribution in [0.3, 0.4) is 0 Å². The van der Waals surface area contributed by atoms with E-state index >= 15 is 0 Å². The second kappa shape index (κ2) is 39.1. The van der Waals surface area contributed by atoms with E-state index in [9.17, 15) is 4.79 Å². The number of aromatic nitrogens is 5. The van der Waals surface area contributed by atoms with Crippen molar-refractivity contribution in [1.82, 2.24) is 24.9 Å². The number of pyridine rings is 5. The van der Waals surface area contributed by atoms with Crippen LogP contribution in [0.4, 0.5) is 0 Å². The number of nitrogens with zero attached hydrogens (tertiary/aromatic N) is 5. The van der Waals surface area contributed by atoms with Gasteiger partial charge in [-0.3, -0.25) is 26.6 Å². The molecule has 0 aliphatic carbocycles. The Morgan fingerprint density at radius 2 is 1.02 bits per heavy atom. The smallest absolute Gasteiger partial charge is 0.0426 e. The summed E-state index contributed by atoms with van der Waals surface area (Å²) in [5.41, 5.74) is 8.18. The number of rotatable bonds is 7. The van der Waals surface area contributed by atoms with Crippen LogP contribution >= 0.6 is 0 Å². The SMILES string of the molecule is C[C-]=C(C)Cc1ccccn1.C[C-]=C(C)c1ccccn1.[CH2-]C(=O)c1ccccn1.[CH2-]Cc1ccccn1.[Ir].[Ir].[Ir].[Ir].[Ir].[c-]1ccccc1Cc1ccccn1. The van der Waals surface area contributed by atoms with Crippen molar-refractivity contribution in [1.29, 1.82) is 0 Å². The molecule has 307 valence electrons. The summed E-state index contributed by atoms with van der Waals surface area (Å²) >= 11 is 0. The van der Waals surface area contributed by atoms with Crippen LogP contribution in [0.5, 0.6) is 0 Å². The minimum absolute atomic E-state index is 0. The van der Waals surface area contributed by atoms with Crippen LogP contribution in [-0.4, -0.2) is 30.7 Å². The Hall–Kier alpha value is -2.76. The van der Waals surface area contributed by atoms with Crippen LogP contribution in [0.2, 0.25) is 0 Å². The summed E-state index contributed by atoms with van der Waals surface area (Å²) in [6, 6.07) is 39.9. The van der Waals surface area contributed by atoms with Gasteiger partial charge in [-0.2, -0.15) is 49.7 Å². The van der Waals surface area contributed by atoms with Crippen molar-refractivity contribution in [2.75, 3.05) is 0 Å². The molecule has 6 rings (SSSR count). The Kier molecular flexibility index (Phi) is 41.8. The Morgan fingerprint density at radius 3 is 1.36 bits per heavy atom. The fourth-order valence-electron chi connectivity index (χ4n) is 3.89. The first kappa shape index (κ1) is 59.9. The molecule has 0 saturated carbocycles. The molecule has 5 radical (unpaired) electrons. The molecule has 1 aromatic carbocycles. The summed E-state index contributed by atoms with van der Waals surface area (Å²) in [5, 5.41) is 0. The third-order valence-corrected chi connectivity index (χ3v) is 6.83. The van der Waals surface area contributed by atoms with Gasteiger partial charge in [-0.25, -0.2) is 5.57 Å². The molecule has 0 amide bonds. The third kappa shape index (κ3) is 28.6. The van der Waals surface area contributed by atoms with Crippen molar-refractivity contribution in [2.24, 2.45) is 0 Å². The topological polar surface area (TPSA) is 81.5 Å². The summed E-state index contributed by atoms with van der Waals surface area (Å²) in [5.74, 6) is -0.240. The maximum Gasteiger partial charge on any atom is 0.0426 e. The number of hydrogen-bond donors (Lipinski definition) is 0. The van der Waals surface area contributed by atoms with Gasteiger partial charge in [-0.1, -0.05) is 49.9 Å². The van der Waals surface area contributed by atoms with Crippen LogP contribution in [-0.2, 0) is 120 Å². The molecule has 5 aromatic heterocycles. The molecule has 0 aliphatic rings. The monoisotopic (exact) mass is 1640 g/mol. The molecule has 0 aliphatic heterocycles. The molecule has 5 heterocycles. The quantitative estimate of drug-likeness (QED) is 0.117. The number of Topliss-reactive ketones (excluding diaryl/α,β-unsaturated/α-hetero) is 1. The zero-order valence-corrected chi connectivity index (χ0v) is 43.7. The van der Waals surface area contributed by atoms with E-state index in [0.717, 1.165) is 47.6 Å². The van der Waals surface area contributed by atoms with Gasteiger partial charge < -0.3 is 27.8 Å². The standard InChI is InChI=1S/C12H10N.C10H12N.C9H10N.C7H6NO.C7H8N.5Ir/c1-2-6-11(7-3-1)10-12-8-4-5-9-13-12;1-3-9(2)8-10-6-4-5-7-11-10;1-3-8(2)9-6-4-5-7-10-9;1-6(9)7-4-2-3-5-8-7;1-2-7-5-3-4-6-8-7;;;;;/h1-6,8-9H,10H2;4-7H,8H2,1-2H3;4-7H,1-2H3;2-5H,1H2;3-6H,1-2H2;;;;;/q5*-1;;;;;. The van der Waals surface area contributed by atoms with Crippen molar-refractivity contribution in [3.63, 3.8) is 0 Å². The number of allylic oxidation sites excluding steroid dienone is 4. The van der Waals surface area contributed by atoms with Crippen molar-refractivity contribution < 1.29 is 105 Å². The summed E-state index contributed by atoms with van der Waals surface area (Å²) in [6.07, 6.45) is 17.5. The summed E-state index contributed by atoms with van der Waals surface area (Å²) < 4.78 is 0. The van der Waals surface area contributed by atoms with Gasteiger partial charge in [0.05, 0.1) is 0 Å². The Labute approximate surface area is 402 Å². The zero-order valence-electron chi connectivity index (χ0n) is 31.7. The van der Waals surface area contributed by atoms with Gasteiger partial charge in [0.25, 0.3) is 0 Å². The van der Waals surface area contributed by atoms with Crippen molar-refractivity contribution in [3.05, 3.63) is 218 Å². The number of benzene rings is 1. The average Bonchev–Trinajstić information content (AvgIpc) is 3.20. The molecule has 6 nitrogen and oxygen atoms in total. The van der Waals surface area contributed by atoms with E-state index < -0.39 is 0 Å². The second-order valence-corrected chi connectivity index (χ2v) is 10.7. The minimum atomic E-state index is -0.240. The molecule has 56 heavy (non-hydrogen) atoms. The third-order valence-electron chi connectivity index (χ3n) is 6.83. The van der Waals surface area contributed by atoms with Gasteiger partial charge in [0.1, 0.15) is 0 Å². The molecular weight excluding hydrogens is 1590 g/mol. The molecule has 0 atom stereocenters. The van der Waals surface area contributed by atoms with Gasteiger partial charge in [0, 0.05) is 154 Å². The molecule has 0 unspecified atom stereocenters. The van der Waals surface area contributed by atoms with Crippen LogP contribution in [0, 0.1) is 32.1 Å². The van der Waals surface area contributed by atoms with Crippen LogP contribution in [0.15, 0.2) is 152 Å². The van der Waals surface area contributed by atoms with Crippen molar-refractivity contribution in [2.45, 2.75) is 47.0 Å². The van der Waals surface area contributed by atoms with E-state index in [1.807, 2.05) is 124 Å². The van der Waals surface area contributed by atoms with E-state index in [0.29, 0.717) is 5.69 Å². The van der Waals surface area contributed by atoms with Gasteiger partial charge >= 0.3 is 0 Å². The Bertz CT molecular complexity index is 1780. The Morgan fingerprint density at radius 1 is 0.571 bits per heavy atom. The molecule has 0 bridgehead atoms. The first-order chi connectivity index (χ1) is 24.9. The molecule has 6 aromatic rings. The van der Waals surface area contributed by atoms with E-state index in [1.165, 1.54) is 11.1 Å². The molecule has 0 saturated heterocycles. The maximum absolute atomic E-state index is 10.5. The van der Waals surface area contributed by atoms with Gasteiger partial charge in [-0.05, 0) is 67.1 Å². The summed E-state index contributed by atoms with van der Waals surface area (Å²) in [4.78, 5) is 30.9. The number of ketones is 1. The minimum Gasteiger partial charge on any atom is -0.500 e. The van der Waals surface area contributed by atoms with E-state index in [1.54, 1.807) is 36.8 Å². The fourth-order valence-corrected chi connectivity index (χ4v) is 3.89. The molecule has 0 fully saturated rings.